The normalized spacial score (nSPS) is 10.6. The number of halogens is 1. The van der Waals surface area contributed by atoms with Crippen molar-refractivity contribution in [2.45, 2.75) is 0 Å². The van der Waals surface area contributed by atoms with Crippen LogP contribution in [-0.2, 0) is 4.79 Å². The molecule has 2 aromatic rings. The second-order valence-corrected chi connectivity index (χ2v) is 3.35. The predicted molar refractivity (Wildman–Crippen MR) is 62.7 cm³/mol. The van der Waals surface area contributed by atoms with Crippen LogP contribution < -0.4 is 5.32 Å². The summed E-state index contributed by atoms with van der Waals surface area (Å²) >= 11 is 0. The van der Waals surface area contributed by atoms with Gasteiger partial charge in [-0.2, -0.15) is 5.10 Å². The lowest BCUT2D eigenvalue weighted by Crippen LogP contribution is -2.07. The standard InChI is InChI=1S/C12H10FN3O/c13-10-3-1-2-9(8-10)4-5-12(17)15-11-6-7-14-16-11/h1-8H,(H2,14,15,16,17). The van der Waals surface area contributed by atoms with Gasteiger partial charge in [0.25, 0.3) is 0 Å². The summed E-state index contributed by atoms with van der Waals surface area (Å²) in [5.41, 5.74) is 0.629. The fourth-order valence-electron chi connectivity index (χ4n) is 1.28. The van der Waals surface area contributed by atoms with Crippen LogP contribution in [0.5, 0.6) is 0 Å². The topological polar surface area (TPSA) is 57.8 Å². The zero-order chi connectivity index (χ0) is 12.1. The number of nitrogens with zero attached hydrogens (tertiary/aromatic N) is 1. The molecule has 2 N–H and O–H groups in total. The van der Waals surface area contributed by atoms with E-state index in [9.17, 15) is 9.18 Å². The zero-order valence-electron chi connectivity index (χ0n) is 8.85. The Hall–Kier alpha value is -2.43. The molecule has 1 aromatic heterocycles. The van der Waals surface area contributed by atoms with Crippen LogP contribution in [-0.4, -0.2) is 16.1 Å². The van der Waals surface area contributed by atoms with E-state index in [-0.39, 0.29) is 11.7 Å². The van der Waals surface area contributed by atoms with E-state index >= 15 is 0 Å². The number of hydrogen-bond donors (Lipinski definition) is 2. The van der Waals surface area contributed by atoms with Crippen molar-refractivity contribution in [2.24, 2.45) is 0 Å². The quantitative estimate of drug-likeness (QED) is 0.795. The zero-order valence-corrected chi connectivity index (χ0v) is 8.85. The molecule has 0 atom stereocenters. The monoisotopic (exact) mass is 231 g/mol. The molecule has 0 aliphatic carbocycles. The van der Waals surface area contributed by atoms with Crippen molar-refractivity contribution >= 4 is 17.8 Å². The summed E-state index contributed by atoms with van der Waals surface area (Å²) in [5, 5.41) is 8.86. The summed E-state index contributed by atoms with van der Waals surface area (Å²) < 4.78 is 12.8. The van der Waals surface area contributed by atoms with Gasteiger partial charge in [-0.25, -0.2) is 4.39 Å². The van der Waals surface area contributed by atoms with Gasteiger partial charge in [-0.15, -0.1) is 0 Å². The van der Waals surface area contributed by atoms with Gasteiger partial charge < -0.3 is 5.32 Å². The van der Waals surface area contributed by atoms with Gasteiger partial charge in [0.05, 0.1) is 6.20 Å². The first-order valence-electron chi connectivity index (χ1n) is 4.98. The van der Waals surface area contributed by atoms with Crippen LogP contribution in [0.25, 0.3) is 6.08 Å². The minimum Gasteiger partial charge on any atom is -0.307 e. The molecule has 86 valence electrons. The van der Waals surface area contributed by atoms with Gasteiger partial charge in [-0.05, 0) is 23.8 Å². The molecule has 0 aliphatic rings. The number of amides is 1. The number of H-pyrrole nitrogens is 1. The Balaban J connectivity index is 1.99. The molecular formula is C12H10FN3O. The molecule has 0 radical (unpaired) electrons. The van der Waals surface area contributed by atoms with Gasteiger partial charge in [0, 0.05) is 12.1 Å². The molecule has 0 aliphatic heterocycles. The van der Waals surface area contributed by atoms with Crippen molar-refractivity contribution in [3.8, 4) is 0 Å². The number of benzene rings is 1. The van der Waals surface area contributed by atoms with E-state index in [4.69, 9.17) is 0 Å². The van der Waals surface area contributed by atoms with E-state index in [1.54, 1.807) is 18.2 Å². The Morgan fingerprint density at radius 2 is 2.29 bits per heavy atom. The highest BCUT2D eigenvalue weighted by molar-refractivity contribution is 6.01. The highest BCUT2D eigenvalue weighted by Crippen LogP contribution is 2.06. The number of carbonyl (C=O) groups excluding carboxylic acids is 1. The third-order valence-electron chi connectivity index (χ3n) is 2.03. The first-order valence-corrected chi connectivity index (χ1v) is 4.98. The van der Waals surface area contributed by atoms with Gasteiger partial charge in [0.1, 0.15) is 11.6 Å². The molecule has 1 aromatic carbocycles. The minimum atomic E-state index is -0.332. The molecule has 0 spiro atoms. The summed E-state index contributed by atoms with van der Waals surface area (Å²) in [4.78, 5) is 11.4. The summed E-state index contributed by atoms with van der Waals surface area (Å²) in [5.74, 6) is -0.126. The molecular weight excluding hydrogens is 221 g/mol. The molecule has 4 nitrogen and oxygen atoms in total. The highest BCUT2D eigenvalue weighted by atomic mass is 19.1. The molecule has 0 unspecified atom stereocenters. The molecule has 0 saturated carbocycles. The van der Waals surface area contributed by atoms with Gasteiger partial charge in [0.2, 0.25) is 5.91 Å². The lowest BCUT2D eigenvalue weighted by Gasteiger charge is -1.96. The third kappa shape index (κ3) is 3.27. The van der Waals surface area contributed by atoms with E-state index in [0.29, 0.717) is 11.4 Å². The van der Waals surface area contributed by atoms with Crippen LogP contribution in [0.3, 0.4) is 0 Å². The van der Waals surface area contributed by atoms with Crippen molar-refractivity contribution in [1.82, 2.24) is 10.2 Å². The SMILES string of the molecule is O=C(C=Cc1cccc(F)c1)Nc1ccn[nH]1. The number of hydrogen-bond acceptors (Lipinski definition) is 2. The molecule has 1 heterocycles. The maximum atomic E-state index is 12.8. The summed E-state index contributed by atoms with van der Waals surface area (Å²) in [6, 6.07) is 7.63. The first-order chi connectivity index (χ1) is 8.24. The number of aromatic nitrogens is 2. The Bertz CT molecular complexity index is 534. The van der Waals surface area contributed by atoms with E-state index in [1.165, 1.54) is 30.5 Å². The molecule has 2 rings (SSSR count). The molecule has 1 amide bonds. The van der Waals surface area contributed by atoms with Crippen molar-refractivity contribution in [3.05, 3.63) is 54.0 Å². The van der Waals surface area contributed by atoms with Crippen molar-refractivity contribution in [1.29, 1.82) is 0 Å². The second-order valence-electron chi connectivity index (χ2n) is 3.35. The van der Waals surface area contributed by atoms with Crippen LogP contribution in [0.4, 0.5) is 10.2 Å². The average molecular weight is 231 g/mol. The lowest BCUT2D eigenvalue weighted by atomic mass is 10.2. The van der Waals surface area contributed by atoms with Crippen LogP contribution in [0, 0.1) is 5.82 Å². The fraction of sp³-hybridized carbons (Fsp3) is 0. The van der Waals surface area contributed by atoms with Crippen molar-refractivity contribution in [3.63, 3.8) is 0 Å². The number of anilines is 1. The van der Waals surface area contributed by atoms with Gasteiger partial charge >= 0.3 is 0 Å². The summed E-state index contributed by atoms with van der Waals surface area (Å²) in [7, 11) is 0. The largest absolute Gasteiger partial charge is 0.307 e. The first kappa shape index (κ1) is 11.1. The van der Waals surface area contributed by atoms with Crippen LogP contribution in [0.1, 0.15) is 5.56 Å². The van der Waals surface area contributed by atoms with Gasteiger partial charge in [0.15, 0.2) is 0 Å². The molecule has 0 saturated heterocycles. The Morgan fingerprint density at radius 1 is 1.41 bits per heavy atom. The Morgan fingerprint density at radius 3 is 3.00 bits per heavy atom. The second kappa shape index (κ2) is 5.07. The molecule has 5 heteroatoms. The van der Waals surface area contributed by atoms with Gasteiger partial charge in [-0.1, -0.05) is 12.1 Å². The number of nitrogens with one attached hydrogen (secondary N) is 2. The maximum Gasteiger partial charge on any atom is 0.249 e. The van der Waals surface area contributed by atoms with Crippen LogP contribution in [0.2, 0.25) is 0 Å². The average Bonchev–Trinajstić information content (AvgIpc) is 2.79. The van der Waals surface area contributed by atoms with E-state index in [2.05, 4.69) is 15.5 Å². The van der Waals surface area contributed by atoms with E-state index in [1.807, 2.05) is 0 Å². The number of carbonyl (C=O) groups is 1. The Labute approximate surface area is 97.2 Å². The number of aromatic amines is 1. The van der Waals surface area contributed by atoms with E-state index in [0.717, 1.165) is 0 Å². The molecule has 0 fully saturated rings. The smallest absolute Gasteiger partial charge is 0.249 e. The summed E-state index contributed by atoms with van der Waals surface area (Å²) in [6.45, 7) is 0. The minimum absolute atomic E-state index is 0.307. The van der Waals surface area contributed by atoms with Gasteiger partial charge in [-0.3, -0.25) is 9.89 Å². The van der Waals surface area contributed by atoms with E-state index < -0.39 is 0 Å². The van der Waals surface area contributed by atoms with Crippen LogP contribution in [0.15, 0.2) is 42.6 Å². The third-order valence-corrected chi connectivity index (χ3v) is 2.03. The molecule has 17 heavy (non-hydrogen) atoms. The number of rotatable bonds is 3. The lowest BCUT2D eigenvalue weighted by molar-refractivity contribution is -0.111. The maximum absolute atomic E-state index is 12.8. The highest BCUT2D eigenvalue weighted by Gasteiger charge is 1.98. The fourth-order valence-corrected chi connectivity index (χ4v) is 1.28. The summed E-state index contributed by atoms with van der Waals surface area (Å²) in [6.07, 6.45) is 4.40. The van der Waals surface area contributed by atoms with Crippen LogP contribution >= 0.6 is 0 Å². The molecule has 0 bridgehead atoms. The van der Waals surface area contributed by atoms with Crippen molar-refractivity contribution in [2.75, 3.05) is 5.32 Å². The predicted octanol–water partition coefficient (Wildman–Crippen LogP) is 2.20. The van der Waals surface area contributed by atoms with Crippen molar-refractivity contribution < 1.29 is 9.18 Å². The Kier molecular flexibility index (Phi) is 3.30.